The van der Waals surface area contributed by atoms with E-state index in [1.165, 1.54) is 6.08 Å². The molecule has 2 rings (SSSR count). The number of nitriles is 1. The third kappa shape index (κ3) is 3.11. The van der Waals surface area contributed by atoms with Gasteiger partial charge < -0.3 is 10.2 Å². The molecule has 1 heterocycles. The molecule has 0 bridgehead atoms. The number of carbonyl (C=O) groups excluding carboxylic acids is 2. The number of nitrogens with one attached hydrogen (secondary N) is 1. The molecule has 1 aromatic carbocycles. The van der Waals surface area contributed by atoms with Gasteiger partial charge in [0.1, 0.15) is 5.54 Å². The van der Waals surface area contributed by atoms with Gasteiger partial charge in [0.15, 0.2) is 0 Å². The topological polar surface area (TPSA) is 73.2 Å². The van der Waals surface area contributed by atoms with Gasteiger partial charge in [-0.1, -0.05) is 12.1 Å². The molecule has 0 saturated carbocycles. The lowest BCUT2D eigenvalue weighted by atomic mass is 9.98. The molecule has 108 valence electrons. The summed E-state index contributed by atoms with van der Waals surface area (Å²) in [6.45, 7) is 4.40. The fourth-order valence-electron chi connectivity index (χ4n) is 2.25. The second-order valence-corrected chi connectivity index (χ2v) is 5.38. The van der Waals surface area contributed by atoms with Crippen LogP contribution in [0.2, 0.25) is 0 Å². The molecule has 0 radical (unpaired) electrons. The molecular weight excluding hydrogens is 266 g/mol. The molecule has 1 aromatic rings. The number of carbonyl (C=O) groups is 2. The fourth-order valence-corrected chi connectivity index (χ4v) is 2.25. The van der Waals surface area contributed by atoms with Crippen molar-refractivity contribution in [2.45, 2.75) is 19.4 Å². The highest BCUT2D eigenvalue weighted by molar-refractivity contribution is 5.98. The molecule has 0 unspecified atom stereocenters. The lowest BCUT2D eigenvalue weighted by Gasteiger charge is -2.40. The minimum Gasteiger partial charge on any atom is -0.352 e. The summed E-state index contributed by atoms with van der Waals surface area (Å²) in [7, 11) is 0. The first-order chi connectivity index (χ1) is 9.95. The second-order valence-electron chi connectivity index (χ2n) is 5.38. The Morgan fingerprint density at radius 1 is 1.48 bits per heavy atom. The molecule has 21 heavy (non-hydrogen) atoms. The Bertz CT molecular complexity index is 641. The standard InChI is InChI=1S/C16H17N3O2/c1-16(2)15(21)18-8-9-19(16)14(20)7-6-12-4-3-5-13(10-12)11-17/h3-7,10H,8-9H2,1-2H3,(H,18,21). The molecule has 2 amide bonds. The maximum absolute atomic E-state index is 12.3. The van der Waals surface area contributed by atoms with Crippen LogP contribution in [0.4, 0.5) is 0 Å². The Hall–Kier alpha value is -2.61. The van der Waals surface area contributed by atoms with E-state index in [9.17, 15) is 9.59 Å². The van der Waals surface area contributed by atoms with Crippen molar-refractivity contribution in [1.29, 1.82) is 5.26 Å². The van der Waals surface area contributed by atoms with E-state index in [4.69, 9.17) is 5.26 Å². The van der Waals surface area contributed by atoms with Crippen molar-refractivity contribution in [3.05, 3.63) is 41.5 Å². The monoisotopic (exact) mass is 283 g/mol. The van der Waals surface area contributed by atoms with Gasteiger partial charge in [-0.25, -0.2) is 0 Å². The number of amides is 2. The zero-order valence-corrected chi connectivity index (χ0v) is 12.1. The molecule has 0 spiro atoms. The summed E-state index contributed by atoms with van der Waals surface area (Å²) in [5, 5.41) is 11.6. The first-order valence-corrected chi connectivity index (χ1v) is 6.73. The van der Waals surface area contributed by atoms with E-state index in [0.717, 1.165) is 5.56 Å². The van der Waals surface area contributed by atoms with Crippen molar-refractivity contribution in [1.82, 2.24) is 10.2 Å². The summed E-state index contributed by atoms with van der Waals surface area (Å²) in [6, 6.07) is 9.05. The van der Waals surface area contributed by atoms with Crippen molar-refractivity contribution in [3.63, 3.8) is 0 Å². The van der Waals surface area contributed by atoms with E-state index in [-0.39, 0.29) is 11.8 Å². The fraction of sp³-hybridized carbons (Fsp3) is 0.312. The van der Waals surface area contributed by atoms with E-state index < -0.39 is 5.54 Å². The highest BCUT2D eigenvalue weighted by Gasteiger charge is 2.39. The Balaban J connectivity index is 2.15. The lowest BCUT2D eigenvalue weighted by molar-refractivity contribution is -0.146. The predicted molar refractivity (Wildman–Crippen MR) is 79.0 cm³/mol. The maximum atomic E-state index is 12.3. The van der Waals surface area contributed by atoms with Crippen LogP contribution in [0.1, 0.15) is 25.0 Å². The van der Waals surface area contributed by atoms with E-state index in [1.54, 1.807) is 43.0 Å². The van der Waals surface area contributed by atoms with Crippen LogP contribution in [0.3, 0.4) is 0 Å². The van der Waals surface area contributed by atoms with E-state index in [2.05, 4.69) is 11.4 Å². The third-order valence-corrected chi connectivity index (χ3v) is 3.55. The van der Waals surface area contributed by atoms with Crippen LogP contribution < -0.4 is 5.32 Å². The van der Waals surface area contributed by atoms with Gasteiger partial charge in [-0.05, 0) is 37.6 Å². The van der Waals surface area contributed by atoms with E-state index in [1.807, 2.05) is 6.07 Å². The number of hydrogen-bond acceptors (Lipinski definition) is 3. The van der Waals surface area contributed by atoms with Crippen molar-refractivity contribution in [2.75, 3.05) is 13.1 Å². The molecule has 5 heteroatoms. The summed E-state index contributed by atoms with van der Waals surface area (Å²) >= 11 is 0. The van der Waals surface area contributed by atoms with Crippen LogP contribution >= 0.6 is 0 Å². The molecule has 1 aliphatic rings. The molecule has 1 fully saturated rings. The van der Waals surface area contributed by atoms with E-state index in [0.29, 0.717) is 18.7 Å². The molecule has 0 atom stereocenters. The summed E-state index contributed by atoms with van der Waals surface area (Å²) in [5.41, 5.74) is 0.470. The van der Waals surface area contributed by atoms with Crippen molar-refractivity contribution >= 4 is 17.9 Å². The van der Waals surface area contributed by atoms with Gasteiger partial charge >= 0.3 is 0 Å². The SMILES string of the molecule is CC1(C)C(=O)NCCN1C(=O)C=Cc1cccc(C#N)c1. The lowest BCUT2D eigenvalue weighted by Crippen LogP contribution is -2.63. The largest absolute Gasteiger partial charge is 0.352 e. The molecule has 0 aliphatic carbocycles. The number of rotatable bonds is 2. The van der Waals surface area contributed by atoms with Crippen molar-refractivity contribution in [2.24, 2.45) is 0 Å². The zero-order chi connectivity index (χ0) is 15.5. The molecule has 1 N–H and O–H groups in total. The van der Waals surface area contributed by atoms with E-state index >= 15 is 0 Å². The molecule has 1 saturated heterocycles. The van der Waals surface area contributed by atoms with Crippen LogP contribution in [-0.4, -0.2) is 35.3 Å². The Morgan fingerprint density at radius 2 is 2.24 bits per heavy atom. The first kappa shape index (κ1) is 14.8. The Labute approximate surface area is 123 Å². The van der Waals surface area contributed by atoms with Crippen LogP contribution in [0.5, 0.6) is 0 Å². The average Bonchev–Trinajstić information content (AvgIpc) is 2.48. The zero-order valence-electron chi connectivity index (χ0n) is 12.1. The third-order valence-electron chi connectivity index (χ3n) is 3.55. The van der Waals surface area contributed by atoms with Crippen LogP contribution in [0, 0.1) is 11.3 Å². The summed E-state index contributed by atoms with van der Waals surface area (Å²) in [5.74, 6) is -0.362. The molecule has 0 aromatic heterocycles. The molecule has 5 nitrogen and oxygen atoms in total. The maximum Gasteiger partial charge on any atom is 0.247 e. The number of hydrogen-bond donors (Lipinski definition) is 1. The minimum absolute atomic E-state index is 0.151. The molecular formula is C16H17N3O2. The number of benzene rings is 1. The summed E-state index contributed by atoms with van der Waals surface area (Å²) in [6.07, 6.45) is 3.10. The second kappa shape index (κ2) is 5.80. The molecule has 1 aliphatic heterocycles. The van der Waals surface area contributed by atoms with Gasteiger partial charge in [0.05, 0.1) is 11.6 Å². The van der Waals surface area contributed by atoms with Crippen LogP contribution in [-0.2, 0) is 9.59 Å². The van der Waals surface area contributed by atoms with Gasteiger partial charge in [-0.3, -0.25) is 9.59 Å². The van der Waals surface area contributed by atoms with Gasteiger partial charge in [0, 0.05) is 19.2 Å². The Kier molecular flexibility index (Phi) is 4.08. The van der Waals surface area contributed by atoms with Crippen LogP contribution in [0.15, 0.2) is 30.3 Å². The van der Waals surface area contributed by atoms with Crippen molar-refractivity contribution < 1.29 is 9.59 Å². The highest BCUT2D eigenvalue weighted by Crippen LogP contribution is 2.18. The van der Waals surface area contributed by atoms with Gasteiger partial charge in [0.25, 0.3) is 0 Å². The normalized spacial score (nSPS) is 17.4. The Morgan fingerprint density at radius 3 is 2.95 bits per heavy atom. The average molecular weight is 283 g/mol. The van der Waals surface area contributed by atoms with Gasteiger partial charge in [-0.15, -0.1) is 0 Å². The number of nitrogens with zero attached hydrogens (tertiary/aromatic N) is 2. The first-order valence-electron chi connectivity index (χ1n) is 6.73. The number of piperazine rings is 1. The van der Waals surface area contributed by atoms with Gasteiger partial charge in [0.2, 0.25) is 11.8 Å². The smallest absolute Gasteiger partial charge is 0.247 e. The highest BCUT2D eigenvalue weighted by atomic mass is 16.2. The summed E-state index contributed by atoms with van der Waals surface area (Å²) in [4.78, 5) is 25.7. The van der Waals surface area contributed by atoms with Crippen molar-refractivity contribution in [3.8, 4) is 6.07 Å². The van der Waals surface area contributed by atoms with Gasteiger partial charge in [-0.2, -0.15) is 5.26 Å². The van der Waals surface area contributed by atoms with Crippen LogP contribution in [0.25, 0.3) is 6.08 Å². The quantitative estimate of drug-likeness (QED) is 0.832. The minimum atomic E-state index is -0.853. The predicted octanol–water partition coefficient (Wildman–Crippen LogP) is 1.31. The summed E-state index contributed by atoms with van der Waals surface area (Å²) < 4.78 is 0.